The molecule has 754 valence electrons. The minimum Gasteiger partial charge on any atom is -0.488 e. The van der Waals surface area contributed by atoms with Crippen LogP contribution in [0.25, 0.3) is 0 Å². The van der Waals surface area contributed by atoms with Crippen molar-refractivity contribution in [3.05, 3.63) is 346 Å². The van der Waals surface area contributed by atoms with Crippen molar-refractivity contribution in [3.8, 4) is 69.0 Å². The van der Waals surface area contributed by atoms with Gasteiger partial charge in [-0.1, -0.05) is 120 Å². The number of amides is 6. The third kappa shape index (κ3) is 33.5. The van der Waals surface area contributed by atoms with Crippen molar-refractivity contribution in [2.24, 2.45) is 0 Å². The van der Waals surface area contributed by atoms with Gasteiger partial charge < -0.3 is 93.8 Å². The standard InChI is InChI=1S/C21H25NO3.C20H25NO3.C19H23NO4.C19H23NO3.C18H20BrNO3.C18H20INO3/c1-13-10-15(3)20(11-14(13)2)24-12-18-17(16-8-9-16)6-5-7-19(18)25-21(23)22-4;1-6-16-8-7-9-18(24-20(22)21-5)17(16)12-23-19-11-14(3)13(2)10-15(19)4;1-12-8-14(3)18(9-13(12)2)23-11-16-15(10-21)6-5-7-17(16)24-19(22)20-4;1-12-7-6-8-17(23-19(21)20-5)16(12)11-22-18-10-14(3)13(2)9-15(18)4;2*1-11-8-13(3)17(9-12(11)2)22-10-14-15(19)6-5-7-16(14)23-18(21)20-4/h5-7,10-11,16H,8-9,12H2,1-4H3,(H,22,23);7-11H,6,12H2,1-5H3,(H,21,22);5-9,21H,10-11H2,1-4H3,(H,20,22);6-10H,11H2,1-5H3,(H,20,21);2*5-9H,10H2,1-4H3,(H,20,21). The van der Waals surface area contributed by atoms with Crippen LogP contribution < -0.4 is 88.7 Å². The van der Waals surface area contributed by atoms with Gasteiger partial charge in [0.15, 0.2) is 0 Å². The van der Waals surface area contributed by atoms with Crippen molar-refractivity contribution >= 4 is 75.1 Å². The summed E-state index contributed by atoms with van der Waals surface area (Å²) in [5, 5.41) is 24.3. The van der Waals surface area contributed by atoms with Gasteiger partial charge in [0.2, 0.25) is 0 Å². The van der Waals surface area contributed by atoms with Crippen molar-refractivity contribution in [2.45, 2.75) is 210 Å². The first-order valence-corrected chi connectivity index (χ1v) is 48.7. The SMILES string of the molecule is CCc1cccc(OC(=O)NC)c1COc1cc(C)c(C)cc1C.CNC(=O)Oc1cccc(Br)c1COc1cc(C)c(C)cc1C.CNC(=O)Oc1cccc(C)c1COc1cc(C)c(C)cc1C.CNC(=O)Oc1cccc(C2CC2)c1COc1cc(C)c(C)cc1C.CNC(=O)Oc1cccc(CO)c1COc1cc(C)c(C)cc1C.CNC(=O)Oc1cccc(I)c1COc1cc(C)c(C)cc1C. The van der Waals surface area contributed by atoms with E-state index in [0.717, 1.165) is 127 Å². The number of hydrogen-bond acceptors (Lipinski definition) is 19. The summed E-state index contributed by atoms with van der Waals surface area (Å²) in [5.41, 5.74) is 30.1. The topological polar surface area (TPSA) is 306 Å². The summed E-state index contributed by atoms with van der Waals surface area (Å²) in [5.74, 6) is 8.57. The molecule has 0 aromatic heterocycles. The number of nitrogens with one attached hydrogen (secondary N) is 6. The summed E-state index contributed by atoms with van der Waals surface area (Å²) in [7, 11) is 9.18. The smallest absolute Gasteiger partial charge is 0.412 e. The van der Waals surface area contributed by atoms with E-state index in [-0.39, 0.29) is 13.2 Å². The number of rotatable bonds is 27. The summed E-state index contributed by atoms with van der Waals surface area (Å²) in [6.45, 7) is 42.9. The Morgan fingerprint density at radius 2 is 0.507 bits per heavy atom. The van der Waals surface area contributed by atoms with Gasteiger partial charge in [-0.05, 0) is 387 Å². The Morgan fingerprint density at radius 1 is 0.275 bits per heavy atom. The number of carbonyl (C=O) groups excluding carboxylic acids is 6. The fraction of sp³-hybridized carbons (Fsp3) is 0.322. The Balaban J connectivity index is 0.000000209. The highest BCUT2D eigenvalue weighted by Crippen LogP contribution is 2.45. The van der Waals surface area contributed by atoms with Crippen LogP contribution >= 0.6 is 38.5 Å². The van der Waals surface area contributed by atoms with Gasteiger partial charge in [0.25, 0.3) is 0 Å². The molecule has 1 aliphatic rings. The number of carbonyl (C=O) groups is 6. The molecule has 7 N–H and O–H groups in total. The molecule has 0 atom stereocenters. The molecule has 1 aliphatic carbocycles. The molecule has 12 aromatic carbocycles. The van der Waals surface area contributed by atoms with Crippen LogP contribution in [0.5, 0.6) is 69.0 Å². The lowest BCUT2D eigenvalue weighted by molar-refractivity contribution is 0.199. The van der Waals surface area contributed by atoms with Crippen molar-refractivity contribution in [1.29, 1.82) is 0 Å². The second kappa shape index (κ2) is 55.4. The number of ether oxygens (including phenoxy) is 12. The Hall–Kier alpha value is -13.8. The predicted molar refractivity (Wildman–Crippen MR) is 571 cm³/mol. The molecule has 6 amide bonds. The Bertz CT molecular complexity index is 6010. The molecule has 12 aromatic rings. The second-order valence-electron chi connectivity index (χ2n) is 34.7. The van der Waals surface area contributed by atoms with Gasteiger partial charge in [-0.3, -0.25) is 0 Å². The molecule has 0 bridgehead atoms. The first kappa shape index (κ1) is 114. The van der Waals surface area contributed by atoms with E-state index < -0.39 is 36.6 Å². The van der Waals surface area contributed by atoms with Crippen LogP contribution in [0.4, 0.5) is 28.8 Å². The van der Waals surface area contributed by atoms with Crippen LogP contribution in [0.3, 0.4) is 0 Å². The first-order chi connectivity index (χ1) is 67.7. The van der Waals surface area contributed by atoms with Crippen LogP contribution in [0.15, 0.2) is 186 Å². The third-order valence-electron chi connectivity index (χ3n) is 24.1. The third-order valence-corrected chi connectivity index (χ3v) is 25.9. The highest BCUT2D eigenvalue weighted by Gasteiger charge is 2.29. The maximum Gasteiger partial charge on any atom is 0.412 e. The van der Waals surface area contributed by atoms with Crippen molar-refractivity contribution in [3.63, 3.8) is 0 Å². The van der Waals surface area contributed by atoms with Crippen LogP contribution in [0.2, 0.25) is 0 Å². The maximum atomic E-state index is 11.7. The van der Waals surface area contributed by atoms with E-state index in [1.807, 2.05) is 133 Å². The Labute approximate surface area is 858 Å². The number of benzene rings is 12. The lowest BCUT2D eigenvalue weighted by Crippen LogP contribution is -2.23. The van der Waals surface area contributed by atoms with E-state index in [2.05, 4.69) is 215 Å². The summed E-state index contributed by atoms with van der Waals surface area (Å²) in [4.78, 5) is 69.2. The first-order valence-electron chi connectivity index (χ1n) is 46.9. The monoisotopic (exact) mass is 2110 g/mol. The van der Waals surface area contributed by atoms with Crippen molar-refractivity contribution in [2.75, 3.05) is 42.3 Å². The van der Waals surface area contributed by atoms with E-state index in [4.69, 9.17) is 56.8 Å². The largest absolute Gasteiger partial charge is 0.488 e. The zero-order valence-corrected chi connectivity index (χ0v) is 90.3. The quantitative estimate of drug-likeness (QED) is 0.0235. The number of aryl methyl sites for hydroxylation is 20. The molecule has 27 heteroatoms. The highest BCUT2D eigenvalue weighted by molar-refractivity contribution is 14.1. The molecule has 142 heavy (non-hydrogen) atoms. The zero-order chi connectivity index (χ0) is 104. The fourth-order valence-corrected chi connectivity index (χ4v) is 15.8. The number of aliphatic hydroxyl groups excluding tert-OH is 1. The van der Waals surface area contributed by atoms with Crippen LogP contribution in [-0.4, -0.2) is 84.0 Å². The Morgan fingerprint density at radius 3 is 0.817 bits per heavy atom. The second-order valence-corrected chi connectivity index (χ2v) is 36.7. The van der Waals surface area contributed by atoms with E-state index in [0.29, 0.717) is 84.6 Å². The maximum absolute atomic E-state index is 11.7. The molecule has 1 saturated carbocycles. The molecule has 0 saturated heterocycles. The van der Waals surface area contributed by atoms with Crippen molar-refractivity contribution in [1.82, 2.24) is 31.9 Å². The van der Waals surface area contributed by atoms with E-state index >= 15 is 0 Å². The average molecular weight is 2110 g/mol. The van der Waals surface area contributed by atoms with Gasteiger partial charge in [0.05, 0.1) is 6.61 Å². The molecule has 0 heterocycles. The van der Waals surface area contributed by atoms with Gasteiger partial charge in [-0.2, -0.15) is 0 Å². The number of halogens is 2. The lowest BCUT2D eigenvalue weighted by Gasteiger charge is -2.17. The van der Waals surface area contributed by atoms with Crippen LogP contribution in [-0.2, 0) is 52.7 Å². The minimum atomic E-state index is -0.561. The predicted octanol–water partition coefficient (Wildman–Crippen LogP) is 26.1. The molecular formula is C115H136BrIN6O19. The summed E-state index contributed by atoms with van der Waals surface area (Å²) in [6.07, 6.45) is 0.215. The fourth-order valence-electron chi connectivity index (χ4n) is 14.7. The Kier molecular flexibility index (Phi) is 44.3. The number of hydrogen-bond donors (Lipinski definition) is 7. The average Bonchev–Trinajstić information content (AvgIpc) is 1.66. The van der Waals surface area contributed by atoms with E-state index in [9.17, 15) is 33.9 Å². The molecule has 0 unspecified atom stereocenters. The molecule has 13 rings (SSSR count). The van der Waals surface area contributed by atoms with Gasteiger partial charge in [-0.15, -0.1) is 0 Å². The number of aliphatic hydroxyl groups is 1. The van der Waals surface area contributed by atoms with Gasteiger partial charge >= 0.3 is 36.6 Å². The minimum absolute atomic E-state index is 0.157. The highest BCUT2D eigenvalue weighted by atomic mass is 127. The lowest BCUT2D eigenvalue weighted by atomic mass is 10.0. The summed E-state index contributed by atoms with van der Waals surface area (Å²) in [6, 6.07) is 58.3. The van der Waals surface area contributed by atoms with Gasteiger partial charge in [0.1, 0.15) is 109 Å². The van der Waals surface area contributed by atoms with Crippen LogP contribution in [0.1, 0.15) is 181 Å². The molecule has 0 radical (unpaired) electrons. The summed E-state index contributed by atoms with van der Waals surface area (Å²) < 4.78 is 69.8. The molecule has 0 aliphatic heterocycles. The molecule has 25 nitrogen and oxygen atoms in total. The van der Waals surface area contributed by atoms with Crippen molar-refractivity contribution < 1.29 is 90.7 Å². The van der Waals surface area contributed by atoms with E-state index in [1.54, 1.807) is 56.6 Å². The van der Waals surface area contributed by atoms with Gasteiger partial charge in [0, 0.05) is 83.7 Å². The molecule has 0 spiro atoms. The molecular weight excluding hydrogens is 1980 g/mol. The van der Waals surface area contributed by atoms with Crippen LogP contribution in [0, 0.1) is 135 Å². The molecule has 1 fully saturated rings. The summed E-state index contributed by atoms with van der Waals surface area (Å²) >= 11 is 5.70. The van der Waals surface area contributed by atoms with Gasteiger partial charge in [-0.25, -0.2) is 28.8 Å². The normalized spacial score (nSPS) is 10.9. The zero-order valence-electron chi connectivity index (χ0n) is 86.5. The van der Waals surface area contributed by atoms with E-state index in [1.165, 1.54) is 108 Å².